The number of methoxy groups -OCH3 is 1. The summed E-state index contributed by atoms with van der Waals surface area (Å²) in [5.41, 5.74) is 4.34. The SMILES string of the molecule is COc1cncc(-c2cc3cc(-c4ccc(N5CC(F)(F)C5)nc4)[nH]c3cc2Cl)c1. The molecule has 1 aliphatic heterocycles. The van der Waals surface area contributed by atoms with Crippen molar-refractivity contribution in [3.8, 4) is 28.1 Å². The van der Waals surface area contributed by atoms with Gasteiger partial charge in [-0.15, -0.1) is 0 Å². The Hall–Kier alpha value is -3.19. The molecule has 0 bridgehead atoms. The van der Waals surface area contributed by atoms with E-state index in [9.17, 15) is 8.78 Å². The smallest absolute Gasteiger partial charge is 0.282 e. The average molecular weight is 427 g/mol. The fourth-order valence-corrected chi connectivity index (χ4v) is 3.89. The maximum absolute atomic E-state index is 13.1. The molecule has 0 spiro atoms. The van der Waals surface area contributed by atoms with E-state index >= 15 is 0 Å². The highest BCUT2D eigenvalue weighted by atomic mass is 35.5. The van der Waals surface area contributed by atoms with Crippen molar-refractivity contribution in [2.24, 2.45) is 0 Å². The summed E-state index contributed by atoms with van der Waals surface area (Å²) in [6.45, 7) is -0.571. The average Bonchev–Trinajstić information content (AvgIpc) is 3.14. The summed E-state index contributed by atoms with van der Waals surface area (Å²) in [4.78, 5) is 13.4. The molecule has 3 aromatic heterocycles. The van der Waals surface area contributed by atoms with Crippen LogP contribution in [0.2, 0.25) is 5.02 Å². The van der Waals surface area contributed by atoms with Crippen molar-refractivity contribution < 1.29 is 13.5 Å². The first kappa shape index (κ1) is 18.8. The Morgan fingerprint density at radius 2 is 1.90 bits per heavy atom. The number of aromatic amines is 1. The first-order chi connectivity index (χ1) is 14.4. The van der Waals surface area contributed by atoms with Crippen LogP contribution in [0.1, 0.15) is 0 Å². The lowest BCUT2D eigenvalue weighted by atomic mass is 10.1. The summed E-state index contributed by atoms with van der Waals surface area (Å²) in [6, 6.07) is 11.4. The van der Waals surface area contributed by atoms with Crippen LogP contribution < -0.4 is 9.64 Å². The lowest BCUT2D eigenvalue weighted by Crippen LogP contribution is -2.56. The first-order valence-electron chi connectivity index (χ1n) is 9.33. The van der Waals surface area contributed by atoms with Crippen molar-refractivity contribution in [1.82, 2.24) is 15.0 Å². The monoisotopic (exact) mass is 426 g/mol. The Morgan fingerprint density at radius 1 is 1.07 bits per heavy atom. The van der Waals surface area contributed by atoms with Gasteiger partial charge in [0, 0.05) is 45.7 Å². The van der Waals surface area contributed by atoms with Gasteiger partial charge in [0.15, 0.2) is 0 Å². The second-order valence-electron chi connectivity index (χ2n) is 7.33. The van der Waals surface area contributed by atoms with E-state index in [-0.39, 0.29) is 13.1 Å². The molecule has 0 radical (unpaired) electrons. The van der Waals surface area contributed by atoms with Gasteiger partial charge in [-0.25, -0.2) is 13.8 Å². The second kappa shape index (κ2) is 6.95. The van der Waals surface area contributed by atoms with Crippen LogP contribution in [-0.2, 0) is 0 Å². The summed E-state index contributed by atoms with van der Waals surface area (Å²) < 4.78 is 31.4. The molecular formula is C22H17ClF2N4O. The highest BCUT2D eigenvalue weighted by Crippen LogP contribution is 2.35. The Labute approximate surface area is 176 Å². The Balaban J connectivity index is 1.46. The zero-order valence-corrected chi connectivity index (χ0v) is 16.8. The highest BCUT2D eigenvalue weighted by molar-refractivity contribution is 6.34. The molecule has 0 atom stereocenters. The van der Waals surface area contributed by atoms with Gasteiger partial charge in [-0.3, -0.25) is 4.98 Å². The van der Waals surface area contributed by atoms with E-state index in [0.29, 0.717) is 16.6 Å². The summed E-state index contributed by atoms with van der Waals surface area (Å²) >= 11 is 6.52. The summed E-state index contributed by atoms with van der Waals surface area (Å²) in [5.74, 6) is -1.41. The predicted molar refractivity (Wildman–Crippen MR) is 113 cm³/mol. The minimum Gasteiger partial charge on any atom is -0.495 e. The molecule has 4 heterocycles. The molecular weight excluding hydrogens is 410 g/mol. The van der Waals surface area contributed by atoms with Crippen molar-refractivity contribution in [2.45, 2.75) is 5.92 Å². The van der Waals surface area contributed by atoms with E-state index in [2.05, 4.69) is 15.0 Å². The van der Waals surface area contributed by atoms with Crippen LogP contribution in [0.4, 0.5) is 14.6 Å². The predicted octanol–water partition coefficient (Wildman–Crippen LogP) is 5.41. The molecule has 0 aliphatic carbocycles. The number of ether oxygens (including phenoxy) is 1. The van der Waals surface area contributed by atoms with Crippen molar-refractivity contribution in [1.29, 1.82) is 0 Å². The van der Waals surface area contributed by atoms with Gasteiger partial charge in [0.25, 0.3) is 5.92 Å². The summed E-state index contributed by atoms with van der Waals surface area (Å²) in [6.07, 6.45) is 5.07. The van der Waals surface area contributed by atoms with Crippen molar-refractivity contribution >= 4 is 28.3 Å². The Kier molecular flexibility index (Phi) is 4.36. The van der Waals surface area contributed by atoms with E-state index in [1.165, 1.54) is 0 Å². The molecule has 1 saturated heterocycles. The van der Waals surface area contributed by atoms with Crippen LogP contribution in [0, 0.1) is 0 Å². The fraction of sp³-hybridized carbons (Fsp3) is 0.182. The molecule has 5 rings (SSSR count). The number of anilines is 1. The van der Waals surface area contributed by atoms with Crippen LogP contribution in [0.25, 0.3) is 33.3 Å². The van der Waals surface area contributed by atoms with Crippen LogP contribution in [0.15, 0.2) is 55.0 Å². The molecule has 0 amide bonds. The fourth-order valence-electron chi connectivity index (χ4n) is 3.62. The number of rotatable bonds is 4. The first-order valence-corrected chi connectivity index (χ1v) is 9.70. The van der Waals surface area contributed by atoms with E-state index in [0.717, 1.165) is 33.3 Å². The Bertz CT molecular complexity index is 1230. The largest absolute Gasteiger partial charge is 0.495 e. The standard InChI is InChI=1S/C22H17ClF2N4O/c1-30-16-4-15(8-26-10-16)17-5-14-6-19(28-20(14)7-18(17)23)13-2-3-21(27-9-13)29-11-22(24,25)12-29/h2-10,28H,11-12H2,1H3. The van der Waals surface area contributed by atoms with Gasteiger partial charge >= 0.3 is 0 Å². The number of benzene rings is 1. The number of hydrogen-bond acceptors (Lipinski definition) is 4. The minimum absolute atomic E-state index is 0.286. The lowest BCUT2D eigenvalue weighted by Gasteiger charge is -2.39. The molecule has 5 nitrogen and oxygen atoms in total. The molecule has 1 fully saturated rings. The molecule has 8 heteroatoms. The number of nitrogens with zero attached hydrogens (tertiary/aromatic N) is 3. The van der Waals surface area contributed by atoms with Crippen LogP contribution >= 0.6 is 11.6 Å². The number of alkyl halides is 2. The molecule has 4 aromatic rings. The number of H-pyrrole nitrogens is 1. The van der Waals surface area contributed by atoms with Gasteiger partial charge in [-0.2, -0.15) is 0 Å². The van der Waals surface area contributed by atoms with E-state index in [1.54, 1.807) is 36.7 Å². The maximum Gasteiger partial charge on any atom is 0.282 e. The lowest BCUT2D eigenvalue weighted by molar-refractivity contribution is -0.0266. The molecule has 30 heavy (non-hydrogen) atoms. The van der Waals surface area contributed by atoms with Crippen molar-refractivity contribution in [2.75, 3.05) is 25.1 Å². The van der Waals surface area contributed by atoms with Crippen LogP contribution in [0.3, 0.4) is 0 Å². The van der Waals surface area contributed by atoms with Crippen LogP contribution in [-0.4, -0.2) is 41.1 Å². The molecule has 1 aliphatic rings. The third-order valence-corrected chi connectivity index (χ3v) is 5.51. The summed E-state index contributed by atoms with van der Waals surface area (Å²) in [5, 5.41) is 1.58. The van der Waals surface area contributed by atoms with Gasteiger partial charge in [-0.05, 0) is 36.4 Å². The van der Waals surface area contributed by atoms with E-state index < -0.39 is 5.92 Å². The number of pyridine rings is 2. The third-order valence-electron chi connectivity index (χ3n) is 5.20. The van der Waals surface area contributed by atoms with Crippen LogP contribution in [0.5, 0.6) is 5.75 Å². The van der Waals surface area contributed by atoms with Gasteiger partial charge in [0.05, 0.1) is 31.4 Å². The maximum atomic E-state index is 13.1. The second-order valence-corrected chi connectivity index (χ2v) is 7.74. The molecule has 0 unspecified atom stereocenters. The normalized spacial score (nSPS) is 15.3. The highest BCUT2D eigenvalue weighted by Gasteiger charge is 2.44. The molecule has 152 valence electrons. The zero-order chi connectivity index (χ0) is 20.9. The third kappa shape index (κ3) is 3.35. The van der Waals surface area contributed by atoms with Gasteiger partial charge in [0.2, 0.25) is 0 Å². The van der Waals surface area contributed by atoms with Crippen molar-refractivity contribution in [3.05, 3.63) is 60.0 Å². The van der Waals surface area contributed by atoms with Gasteiger partial charge in [-0.1, -0.05) is 11.6 Å². The summed E-state index contributed by atoms with van der Waals surface area (Å²) in [7, 11) is 1.59. The number of aromatic nitrogens is 3. The molecule has 1 aromatic carbocycles. The number of nitrogens with one attached hydrogen (secondary N) is 1. The van der Waals surface area contributed by atoms with Gasteiger partial charge in [0.1, 0.15) is 11.6 Å². The van der Waals surface area contributed by atoms with E-state index in [1.807, 2.05) is 30.3 Å². The number of hydrogen-bond donors (Lipinski definition) is 1. The topological polar surface area (TPSA) is 54.0 Å². The van der Waals surface area contributed by atoms with E-state index in [4.69, 9.17) is 16.3 Å². The van der Waals surface area contributed by atoms with Gasteiger partial charge < -0.3 is 14.6 Å². The van der Waals surface area contributed by atoms with Crippen molar-refractivity contribution in [3.63, 3.8) is 0 Å². The minimum atomic E-state index is -2.62. The molecule has 0 saturated carbocycles. The number of halogens is 3. The Morgan fingerprint density at radius 3 is 2.60 bits per heavy atom. The molecule has 1 N–H and O–H groups in total. The number of fused-ring (bicyclic) bond motifs is 1. The zero-order valence-electron chi connectivity index (χ0n) is 16.0. The quantitative estimate of drug-likeness (QED) is 0.474.